The van der Waals surface area contributed by atoms with Crippen LogP contribution >= 0.6 is 0 Å². The Labute approximate surface area is 77.4 Å². The number of nitrogens with zero attached hydrogens (tertiary/aromatic N) is 1. The van der Waals surface area contributed by atoms with Gasteiger partial charge in [0, 0.05) is 13.1 Å². The zero-order valence-electron chi connectivity index (χ0n) is 7.60. The third kappa shape index (κ3) is 2.19. The maximum absolute atomic E-state index is 11.1. The fourth-order valence-electron chi connectivity index (χ4n) is 1.51. The van der Waals surface area contributed by atoms with Crippen molar-refractivity contribution < 1.29 is 18.3 Å². The molecule has 1 saturated heterocycles. The van der Waals surface area contributed by atoms with Gasteiger partial charge in [0.05, 0.1) is 12.2 Å². The molecule has 0 spiro atoms. The number of carboxylic acid groups (broad SMARTS) is 1. The van der Waals surface area contributed by atoms with Gasteiger partial charge in [-0.3, -0.25) is 4.79 Å². The first-order valence-electron chi connectivity index (χ1n) is 4.00. The molecule has 0 aromatic rings. The van der Waals surface area contributed by atoms with Crippen molar-refractivity contribution in [1.29, 1.82) is 0 Å². The lowest BCUT2D eigenvalue weighted by atomic mass is 9.99. The molecule has 0 aliphatic carbocycles. The molecular weight excluding hydrogens is 194 g/mol. The first-order chi connectivity index (χ1) is 5.82. The van der Waals surface area contributed by atoms with Gasteiger partial charge in [-0.05, 0) is 5.92 Å². The summed E-state index contributed by atoms with van der Waals surface area (Å²) in [6.07, 6.45) is 1.10. The molecule has 6 heteroatoms. The second kappa shape index (κ2) is 3.26. The largest absolute Gasteiger partial charge is 0.481 e. The lowest BCUT2D eigenvalue weighted by molar-refractivity contribution is -0.142. The fourth-order valence-corrected chi connectivity index (χ4v) is 2.45. The molecule has 1 N–H and O–H groups in total. The van der Waals surface area contributed by atoms with Crippen molar-refractivity contribution in [2.45, 2.75) is 6.92 Å². The quantitative estimate of drug-likeness (QED) is 0.668. The van der Waals surface area contributed by atoms with Crippen LogP contribution in [-0.4, -0.2) is 43.1 Å². The Hall–Kier alpha value is -0.620. The molecule has 0 unspecified atom stereocenters. The Kier molecular flexibility index (Phi) is 2.63. The van der Waals surface area contributed by atoms with Crippen LogP contribution in [0.3, 0.4) is 0 Å². The highest BCUT2D eigenvalue weighted by Gasteiger charge is 2.38. The summed E-state index contributed by atoms with van der Waals surface area (Å²) in [6, 6.07) is 0. The van der Waals surface area contributed by atoms with E-state index in [1.165, 1.54) is 4.31 Å². The zero-order valence-corrected chi connectivity index (χ0v) is 8.41. The molecule has 1 heterocycles. The standard InChI is InChI=1S/C7H13NO4S/c1-5-3-8(13(2,11)12)4-6(5)7(9)10/h5-6H,3-4H2,1-2H3,(H,9,10)/t5-,6-/m1/s1. The number of sulfonamides is 1. The van der Waals surface area contributed by atoms with E-state index in [4.69, 9.17) is 5.11 Å². The normalized spacial score (nSPS) is 30.6. The van der Waals surface area contributed by atoms with Crippen molar-refractivity contribution >= 4 is 16.0 Å². The number of hydrogen-bond donors (Lipinski definition) is 1. The molecule has 13 heavy (non-hydrogen) atoms. The van der Waals surface area contributed by atoms with E-state index in [2.05, 4.69) is 0 Å². The third-order valence-corrected chi connectivity index (χ3v) is 3.60. The highest BCUT2D eigenvalue weighted by Crippen LogP contribution is 2.24. The molecule has 1 rings (SSSR count). The van der Waals surface area contributed by atoms with Gasteiger partial charge in [0.1, 0.15) is 0 Å². The lowest BCUT2D eigenvalue weighted by Gasteiger charge is -2.11. The molecular formula is C7H13NO4S. The van der Waals surface area contributed by atoms with E-state index in [1.54, 1.807) is 6.92 Å². The van der Waals surface area contributed by atoms with Crippen LogP contribution in [-0.2, 0) is 14.8 Å². The predicted molar refractivity (Wildman–Crippen MR) is 46.7 cm³/mol. The maximum atomic E-state index is 11.1. The first-order valence-corrected chi connectivity index (χ1v) is 5.85. The van der Waals surface area contributed by atoms with E-state index in [0.717, 1.165) is 6.26 Å². The topological polar surface area (TPSA) is 74.7 Å². The van der Waals surface area contributed by atoms with Gasteiger partial charge in [-0.2, -0.15) is 0 Å². The van der Waals surface area contributed by atoms with Crippen molar-refractivity contribution in [3.63, 3.8) is 0 Å². The summed E-state index contributed by atoms with van der Waals surface area (Å²) in [7, 11) is -3.23. The molecule has 0 aromatic heterocycles. The van der Waals surface area contributed by atoms with E-state index in [-0.39, 0.29) is 12.5 Å². The molecule has 0 amide bonds. The minimum atomic E-state index is -3.23. The van der Waals surface area contributed by atoms with Crippen LogP contribution in [0.2, 0.25) is 0 Å². The molecule has 76 valence electrons. The second-order valence-corrected chi connectivity index (χ2v) is 5.48. The van der Waals surface area contributed by atoms with Gasteiger partial charge in [-0.1, -0.05) is 6.92 Å². The van der Waals surface area contributed by atoms with Crippen molar-refractivity contribution in [1.82, 2.24) is 4.31 Å². The summed E-state index contributed by atoms with van der Waals surface area (Å²) < 4.78 is 23.4. The Bertz CT molecular complexity index is 310. The molecule has 2 atom stereocenters. The van der Waals surface area contributed by atoms with Crippen LogP contribution in [0, 0.1) is 11.8 Å². The Morgan fingerprint density at radius 3 is 2.23 bits per heavy atom. The van der Waals surface area contributed by atoms with E-state index in [1.807, 2.05) is 0 Å². The van der Waals surface area contributed by atoms with Crippen LogP contribution in [0.1, 0.15) is 6.92 Å². The summed E-state index contributed by atoms with van der Waals surface area (Å²) in [5.74, 6) is -1.58. The molecule has 5 nitrogen and oxygen atoms in total. The third-order valence-electron chi connectivity index (χ3n) is 2.37. The van der Waals surface area contributed by atoms with Gasteiger partial charge in [0.25, 0.3) is 0 Å². The van der Waals surface area contributed by atoms with Crippen LogP contribution in [0.5, 0.6) is 0 Å². The van der Waals surface area contributed by atoms with Crippen LogP contribution in [0.15, 0.2) is 0 Å². The average Bonchev–Trinajstić information content (AvgIpc) is 2.29. The Balaban J connectivity index is 2.77. The second-order valence-electron chi connectivity index (χ2n) is 3.50. The number of rotatable bonds is 2. The minimum Gasteiger partial charge on any atom is -0.481 e. The SMILES string of the molecule is C[C@@H]1CN(S(C)(=O)=O)C[C@H]1C(=O)O. The molecule has 0 radical (unpaired) electrons. The molecule has 1 aliphatic heterocycles. The smallest absolute Gasteiger partial charge is 0.308 e. The number of carbonyl (C=O) groups is 1. The van der Waals surface area contributed by atoms with Crippen molar-refractivity contribution in [2.75, 3.05) is 19.3 Å². The average molecular weight is 207 g/mol. The Morgan fingerprint density at radius 2 is 2.00 bits per heavy atom. The van der Waals surface area contributed by atoms with Crippen LogP contribution < -0.4 is 0 Å². The monoisotopic (exact) mass is 207 g/mol. The highest BCUT2D eigenvalue weighted by atomic mass is 32.2. The van der Waals surface area contributed by atoms with Gasteiger partial charge in [0.15, 0.2) is 0 Å². The summed E-state index contributed by atoms with van der Waals surface area (Å²) >= 11 is 0. The molecule has 0 aromatic carbocycles. The fraction of sp³-hybridized carbons (Fsp3) is 0.857. The van der Waals surface area contributed by atoms with Gasteiger partial charge >= 0.3 is 5.97 Å². The van der Waals surface area contributed by atoms with E-state index >= 15 is 0 Å². The number of hydrogen-bond acceptors (Lipinski definition) is 3. The van der Waals surface area contributed by atoms with Crippen molar-refractivity contribution in [3.05, 3.63) is 0 Å². The summed E-state index contributed by atoms with van der Waals surface area (Å²) in [4.78, 5) is 10.7. The maximum Gasteiger partial charge on any atom is 0.308 e. The zero-order chi connectivity index (χ0) is 10.2. The summed E-state index contributed by atoms with van der Waals surface area (Å²) in [5, 5.41) is 8.75. The molecule has 1 fully saturated rings. The first kappa shape index (κ1) is 10.5. The van der Waals surface area contributed by atoms with Gasteiger partial charge in [-0.15, -0.1) is 0 Å². The van der Waals surface area contributed by atoms with Crippen molar-refractivity contribution in [2.24, 2.45) is 11.8 Å². The van der Waals surface area contributed by atoms with Gasteiger partial charge in [0.2, 0.25) is 10.0 Å². The Morgan fingerprint density at radius 1 is 1.46 bits per heavy atom. The molecule has 0 bridgehead atoms. The lowest BCUT2D eigenvalue weighted by Crippen LogP contribution is -2.28. The highest BCUT2D eigenvalue weighted by molar-refractivity contribution is 7.88. The van der Waals surface area contributed by atoms with Crippen LogP contribution in [0.4, 0.5) is 0 Å². The van der Waals surface area contributed by atoms with E-state index < -0.39 is 21.9 Å². The minimum absolute atomic E-state index is 0.104. The van der Waals surface area contributed by atoms with E-state index in [0.29, 0.717) is 6.54 Å². The summed E-state index contributed by atoms with van der Waals surface area (Å²) in [6.45, 7) is 2.18. The van der Waals surface area contributed by atoms with Crippen LogP contribution in [0.25, 0.3) is 0 Å². The van der Waals surface area contributed by atoms with E-state index in [9.17, 15) is 13.2 Å². The predicted octanol–water partition coefficient (Wildman–Crippen LogP) is -0.402. The molecule has 0 saturated carbocycles. The molecule has 1 aliphatic rings. The van der Waals surface area contributed by atoms with Crippen molar-refractivity contribution in [3.8, 4) is 0 Å². The number of aliphatic carboxylic acids is 1. The van der Waals surface area contributed by atoms with Gasteiger partial charge < -0.3 is 5.11 Å². The number of carboxylic acids is 1. The van der Waals surface area contributed by atoms with Gasteiger partial charge in [-0.25, -0.2) is 12.7 Å². The summed E-state index contributed by atoms with van der Waals surface area (Å²) in [5.41, 5.74) is 0.